The number of nitrogens with zero attached hydrogens (tertiary/aromatic N) is 3. The first-order valence-corrected chi connectivity index (χ1v) is 12.4. The van der Waals surface area contributed by atoms with E-state index in [1.54, 1.807) is 12.0 Å². The SMILES string of the molecule is COc1ccc(-c2cc(C(=O)N3CCN(c4ccc(F)cc4F)CC3)c(C)n2-c2ccccc2Cl)cc1. The van der Waals surface area contributed by atoms with Gasteiger partial charge in [0.2, 0.25) is 0 Å². The van der Waals surface area contributed by atoms with E-state index in [9.17, 15) is 13.6 Å². The van der Waals surface area contributed by atoms with Crippen molar-refractivity contribution in [2.45, 2.75) is 6.92 Å². The molecule has 4 aromatic rings. The van der Waals surface area contributed by atoms with Gasteiger partial charge in [-0.3, -0.25) is 4.79 Å². The van der Waals surface area contributed by atoms with E-state index >= 15 is 0 Å². The van der Waals surface area contributed by atoms with Crippen molar-refractivity contribution in [3.63, 3.8) is 0 Å². The summed E-state index contributed by atoms with van der Waals surface area (Å²) in [5.41, 5.74) is 4.23. The lowest BCUT2D eigenvalue weighted by Crippen LogP contribution is -2.49. The molecule has 37 heavy (non-hydrogen) atoms. The Hall–Kier alpha value is -3.84. The predicted molar refractivity (Wildman–Crippen MR) is 142 cm³/mol. The normalized spacial score (nSPS) is 13.6. The lowest BCUT2D eigenvalue weighted by atomic mass is 10.1. The number of para-hydroxylation sites is 1. The molecule has 1 aliphatic rings. The monoisotopic (exact) mass is 521 g/mol. The number of carbonyl (C=O) groups excluding carboxylic acids is 1. The summed E-state index contributed by atoms with van der Waals surface area (Å²) in [6.07, 6.45) is 0. The van der Waals surface area contributed by atoms with Crippen LogP contribution in [0.25, 0.3) is 16.9 Å². The second kappa shape index (κ2) is 10.3. The van der Waals surface area contributed by atoms with E-state index in [2.05, 4.69) is 0 Å². The van der Waals surface area contributed by atoms with Crippen LogP contribution >= 0.6 is 11.6 Å². The summed E-state index contributed by atoms with van der Waals surface area (Å²) in [6.45, 7) is 3.65. The van der Waals surface area contributed by atoms with E-state index in [4.69, 9.17) is 16.3 Å². The zero-order valence-corrected chi connectivity index (χ0v) is 21.3. The molecular weight excluding hydrogens is 496 g/mol. The van der Waals surface area contributed by atoms with Gasteiger partial charge < -0.3 is 19.1 Å². The molecule has 1 aliphatic heterocycles. The van der Waals surface area contributed by atoms with Crippen molar-refractivity contribution >= 4 is 23.2 Å². The van der Waals surface area contributed by atoms with E-state index in [1.807, 2.05) is 71.0 Å². The molecule has 0 saturated carbocycles. The first-order valence-electron chi connectivity index (χ1n) is 12.0. The third-order valence-corrected chi connectivity index (χ3v) is 7.09. The lowest BCUT2D eigenvalue weighted by molar-refractivity contribution is 0.0746. The van der Waals surface area contributed by atoms with Crippen LogP contribution in [0.2, 0.25) is 5.02 Å². The Labute approximate surface area is 219 Å². The summed E-state index contributed by atoms with van der Waals surface area (Å²) in [4.78, 5) is 17.3. The lowest BCUT2D eigenvalue weighted by Gasteiger charge is -2.36. The van der Waals surface area contributed by atoms with Crippen molar-refractivity contribution in [3.05, 3.63) is 101 Å². The molecule has 5 nitrogen and oxygen atoms in total. The summed E-state index contributed by atoms with van der Waals surface area (Å²) < 4.78 is 34.9. The van der Waals surface area contributed by atoms with Crippen LogP contribution in [0.5, 0.6) is 5.75 Å². The van der Waals surface area contributed by atoms with Crippen LogP contribution in [-0.2, 0) is 0 Å². The van der Waals surface area contributed by atoms with Gasteiger partial charge in [-0.15, -0.1) is 0 Å². The molecule has 0 aliphatic carbocycles. The number of ether oxygens (including phenoxy) is 1. The predicted octanol–water partition coefficient (Wildman–Crippen LogP) is 6.36. The van der Waals surface area contributed by atoms with Crippen LogP contribution in [0.15, 0.2) is 72.8 Å². The highest BCUT2D eigenvalue weighted by Gasteiger charge is 2.28. The van der Waals surface area contributed by atoms with Gasteiger partial charge in [-0.25, -0.2) is 8.78 Å². The Balaban J connectivity index is 1.46. The van der Waals surface area contributed by atoms with Crippen LogP contribution in [0.3, 0.4) is 0 Å². The molecule has 1 aromatic heterocycles. The third-order valence-electron chi connectivity index (χ3n) is 6.77. The van der Waals surface area contributed by atoms with Gasteiger partial charge in [0.15, 0.2) is 0 Å². The average Bonchev–Trinajstić information content (AvgIpc) is 3.25. The highest BCUT2D eigenvalue weighted by Crippen LogP contribution is 2.34. The number of hydrogen-bond acceptors (Lipinski definition) is 3. The van der Waals surface area contributed by atoms with Crippen molar-refractivity contribution in [3.8, 4) is 22.7 Å². The number of carbonyl (C=O) groups is 1. The molecule has 1 fully saturated rings. The van der Waals surface area contributed by atoms with Crippen LogP contribution in [0.4, 0.5) is 14.5 Å². The average molecular weight is 522 g/mol. The van der Waals surface area contributed by atoms with Gasteiger partial charge in [-0.2, -0.15) is 0 Å². The molecule has 1 saturated heterocycles. The molecule has 0 atom stereocenters. The zero-order chi connectivity index (χ0) is 26.1. The van der Waals surface area contributed by atoms with E-state index in [1.165, 1.54) is 12.1 Å². The molecule has 0 N–H and O–H groups in total. The number of benzene rings is 3. The molecule has 0 bridgehead atoms. The Kier molecular flexibility index (Phi) is 6.89. The maximum Gasteiger partial charge on any atom is 0.255 e. The Bertz CT molecular complexity index is 1440. The molecule has 0 unspecified atom stereocenters. The maximum absolute atomic E-state index is 14.3. The minimum atomic E-state index is -0.610. The second-order valence-corrected chi connectivity index (χ2v) is 9.33. The largest absolute Gasteiger partial charge is 0.497 e. The fourth-order valence-corrected chi connectivity index (χ4v) is 5.02. The maximum atomic E-state index is 14.3. The van der Waals surface area contributed by atoms with E-state index in [-0.39, 0.29) is 5.91 Å². The van der Waals surface area contributed by atoms with E-state index in [0.29, 0.717) is 42.5 Å². The smallest absolute Gasteiger partial charge is 0.255 e. The molecular formula is C29H26ClF2N3O2. The van der Waals surface area contributed by atoms with Crippen molar-refractivity contribution < 1.29 is 18.3 Å². The topological polar surface area (TPSA) is 37.7 Å². The van der Waals surface area contributed by atoms with Gasteiger partial charge in [-0.05, 0) is 67.1 Å². The summed E-state index contributed by atoms with van der Waals surface area (Å²) in [7, 11) is 1.62. The van der Waals surface area contributed by atoms with Gasteiger partial charge in [0, 0.05) is 37.9 Å². The molecule has 0 radical (unpaired) electrons. The molecule has 8 heteroatoms. The van der Waals surface area contributed by atoms with Gasteiger partial charge in [0.25, 0.3) is 5.91 Å². The van der Waals surface area contributed by atoms with Crippen molar-refractivity contribution in [2.75, 3.05) is 38.2 Å². The summed E-state index contributed by atoms with van der Waals surface area (Å²) >= 11 is 6.58. The number of piperazine rings is 1. The molecule has 190 valence electrons. The zero-order valence-electron chi connectivity index (χ0n) is 20.5. The van der Waals surface area contributed by atoms with Crippen LogP contribution in [0.1, 0.15) is 16.1 Å². The number of amides is 1. The number of methoxy groups -OCH3 is 1. The molecule has 3 aromatic carbocycles. The van der Waals surface area contributed by atoms with Crippen LogP contribution in [-0.4, -0.2) is 48.7 Å². The van der Waals surface area contributed by atoms with Crippen LogP contribution in [0, 0.1) is 18.6 Å². The molecule has 0 spiro atoms. The van der Waals surface area contributed by atoms with Crippen molar-refractivity contribution in [1.29, 1.82) is 0 Å². The highest BCUT2D eigenvalue weighted by molar-refractivity contribution is 6.32. The van der Waals surface area contributed by atoms with Gasteiger partial charge in [0.05, 0.1) is 34.8 Å². The number of anilines is 1. The number of halogens is 3. The number of hydrogen-bond donors (Lipinski definition) is 0. The number of rotatable bonds is 5. The van der Waals surface area contributed by atoms with Crippen LogP contribution < -0.4 is 9.64 Å². The Morgan fingerprint density at radius 2 is 1.59 bits per heavy atom. The second-order valence-electron chi connectivity index (χ2n) is 8.92. The van der Waals surface area contributed by atoms with Crippen molar-refractivity contribution in [2.24, 2.45) is 0 Å². The minimum absolute atomic E-state index is 0.0997. The minimum Gasteiger partial charge on any atom is -0.497 e. The van der Waals surface area contributed by atoms with E-state index < -0.39 is 11.6 Å². The molecule has 5 rings (SSSR count). The fraction of sp³-hybridized carbons (Fsp3) is 0.207. The fourth-order valence-electron chi connectivity index (χ4n) is 4.80. The van der Waals surface area contributed by atoms with E-state index in [0.717, 1.165) is 34.5 Å². The van der Waals surface area contributed by atoms with Crippen molar-refractivity contribution in [1.82, 2.24) is 9.47 Å². The van der Waals surface area contributed by atoms with Gasteiger partial charge in [0.1, 0.15) is 17.4 Å². The Morgan fingerprint density at radius 1 is 0.892 bits per heavy atom. The Morgan fingerprint density at radius 3 is 2.24 bits per heavy atom. The molecule has 1 amide bonds. The summed E-state index contributed by atoms with van der Waals surface area (Å²) in [6, 6.07) is 20.7. The van der Waals surface area contributed by atoms with Gasteiger partial charge in [-0.1, -0.05) is 23.7 Å². The number of aromatic nitrogens is 1. The quantitative estimate of drug-likeness (QED) is 0.307. The third kappa shape index (κ3) is 4.79. The first-order chi connectivity index (χ1) is 17.9. The molecule has 2 heterocycles. The first kappa shape index (κ1) is 24.8. The standard InChI is InChI=1S/C29H26ClF2N3O2/c1-19-23(29(36)34-15-13-33(14-16-34)27-12-9-21(31)17-25(27)32)18-28(20-7-10-22(37-2)11-8-20)35(19)26-6-4-3-5-24(26)30/h3-12,17-18H,13-16H2,1-2H3. The summed E-state index contributed by atoms with van der Waals surface area (Å²) in [5, 5.41) is 0.574. The summed E-state index contributed by atoms with van der Waals surface area (Å²) in [5.74, 6) is -0.571. The highest BCUT2D eigenvalue weighted by atomic mass is 35.5. The van der Waals surface area contributed by atoms with Gasteiger partial charge >= 0.3 is 0 Å².